The summed E-state index contributed by atoms with van der Waals surface area (Å²) < 4.78 is 10.6. The monoisotopic (exact) mass is 292 g/mol. The standard InChI is InChI=1S/C16H24N2O3/c1-11(12-6-5-9-17-10-12)18-16(19)13-7-4-8-14(20-2)15(13)21-3/h4,7-8,11-12,17H,5-6,9-10H2,1-3H3,(H,18,19). The Morgan fingerprint density at radius 2 is 2.19 bits per heavy atom. The number of nitrogens with one attached hydrogen (secondary N) is 2. The minimum Gasteiger partial charge on any atom is -0.493 e. The molecule has 0 aliphatic carbocycles. The minimum absolute atomic E-state index is 0.121. The Hall–Kier alpha value is -1.75. The number of hydrogen-bond acceptors (Lipinski definition) is 4. The third-order valence-electron chi connectivity index (χ3n) is 4.05. The molecule has 2 atom stereocenters. The van der Waals surface area contributed by atoms with Crippen LogP contribution in [0.1, 0.15) is 30.1 Å². The summed E-state index contributed by atoms with van der Waals surface area (Å²) in [6.07, 6.45) is 2.30. The summed E-state index contributed by atoms with van der Waals surface area (Å²) in [4.78, 5) is 12.5. The van der Waals surface area contributed by atoms with Crippen molar-refractivity contribution in [2.45, 2.75) is 25.8 Å². The molecule has 0 spiro atoms. The van der Waals surface area contributed by atoms with Crippen molar-refractivity contribution < 1.29 is 14.3 Å². The van der Waals surface area contributed by atoms with Crippen LogP contribution in [0.5, 0.6) is 11.5 Å². The van der Waals surface area contributed by atoms with E-state index in [0.29, 0.717) is 23.0 Å². The molecule has 2 unspecified atom stereocenters. The minimum atomic E-state index is -0.121. The van der Waals surface area contributed by atoms with Gasteiger partial charge in [0, 0.05) is 6.04 Å². The van der Waals surface area contributed by atoms with Crippen molar-refractivity contribution in [3.8, 4) is 11.5 Å². The van der Waals surface area contributed by atoms with Crippen LogP contribution in [0.2, 0.25) is 0 Å². The number of hydrogen-bond donors (Lipinski definition) is 2. The summed E-state index contributed by atoms with van der Waals surface area (Å²) in [7, 11) is 3.11. The first-order valence-electron chi connectivity index (χ1n) is 7.40. The Balaban J connectivity index is 2.09. The van der Waals surface area contributed by atoms with Gasteiger partial charge in [-0.25, -0.2) is 0 Å². The number of para-hydroxylation sites is 1. The van der Waals surface area contributed by atoms with Gasteiger partial charge in [0.25, 0.3) is 5.91 Å². The van der Waals surface area contributed by atoms with Crippen LogP contribution in [0, 0.1) is 5.92 Å². The average molecular weight is 292 g/mol. The van der Waals surface area contributed by atoms with Gasteiger partial charge in [-0.2, -0.15) is 0 Å². The number of methoxy groups -OCH3 is 2. The largest absolute Gasteiger partial charge is 0.493 e. The fourth-order valence-electron chi connectivity index (χ4n) is 2.77. The molecule has 0 saturated carbocycles. The molecule has 1 aliphatic rings. The molecule has 1 aliphatic heterocycles. The molecule has 1 heterocycles. The highest BCUT2D eigenvalue weighted by atomic mass is 16.5. The van der Waals surface area contributed by atoms with Gasteiger partial charge in [0.05, 0.1) is 19.8 Å². The lowest BCUT2D eigenvalue weighted by atomic mass is 9.92. The molecule has 2 rings (SSSR count). The molecule has 0 aromatic heterocycles. The van der Waals surface area contributed by atoms with E-state index in [1.165, 1.54) is 0 Å². The van der Waals surface area contributed by atoms with Crippen molar-refractivity contribution in [2.24, 2.45) is 5.92 Å². The molecule has 1 amide bonds. The number of carbonyl (C=O) groups excluding carboxylic acids is 1. The predicted molar refractivity (Wildman–Crippen MR) is 82.1 cm³/mol. The zero-order valence-corrected chi connectivity index (χ0v) is 12.9. The van der Waals surface area contributed by atoms with Gasteiger partial charge in [0.2, 0.25) is 0 Å². The topological polar surface area (TPSA) is 59.6 Å². The van der Waals surface area contributed by atoms with E-state index >= 15 is 0 Å². The van der Waals surface area contributed by atoms with Crippen LogP contribution in [-0.2, 0) is 0 Å². The van der Waals surface area contributed by atoms with Crippen LogP contribution in [0.15, 0.2) is 18.2 Å². The molecule has 1 saturated heterocycles. The van der Waals surface area contributed by atoms with Gasteiger partial charge >= 0.3 is 0 Å². The number of amides is 1. The predicted octanol–water partition coefficient (Wildman–Crippen LogP) is 1.82. The van der Waals surface area contributed by atoms with Crippen molar-refractivity contribution in [1.29, 1.82) is 0 Å². The highest BCUT2D eigenvalue weighted by Crippen LogP contribution is 2.30. The van der Waals surface area contributed by atoms with Crippen molar-refractivity contribution in [2.75, 3.05) is 27.3 Å². The van der Waals surface area contributed by atoms with Gasteiger partial charge in [0.1, 0.15) is 0 Å². The van der Waals surface area contributed by atoms with E-state index in [1.807, 2.05) is 0 Å². The molecular formula is C16H24N2O3. The first-order chi connectivity index (χ1) is 10.2. The molecule has 21 heavy (non-hydrogen) atoms. The molecule has 1 aromatic rings. The molecule has 5 nitrogen and oxygen atoms in total. The summed E-state index contributed by atoms with van der Waals surface area (Å²) in [5.74, 6) is 1.40. The second kappa shape index (κ2) is 7.31. The zero-order valence-electron chi connectivity index (χ0n) is 12.9. The first kappa shape index (κ1) is 15.6. The molecule has 116 valence electrons. The van der Waals surface area contributed by atoms with Gasteiger partial charge in [-0.3, -0.25) is 4.79 Å². The SMILES string of the molecule is COc1cccc(C(=O)NC(C)C2CCCNC2)c1OC. The normalized spacial score (nSPS) is 19.7. The van der Waals surface area contributed by atoms with Crippen LogP contribution in [0.25, 0.3) is 0 Å². The Labute approximate surface area is 126 Å². The fraction of sp³-hybridized carbons (Fsp3) is 0.562. The highest BCUT2D eigenvalue weighted by molar-refractivity contribution is 5.98. The third-order valence-corrected chi connectivity index (χ3v) is 4.05. The van der Waals surface area contributed by atoms with E-state index in [-0.39, 0.29) is 11.9 Å². The maximum absolute atomic E-state index is 12.5. The van der Waals surface area contributed by atoms with E-state index in [2.05, 4.69) is 17.6 Å². The maximum Gasteiger partial charge on any atom is 0.255 e. The molecule has 1 fully saturated rings. The Bertz CT molecular complexity index is 484. The lowest BCUT2D eigenvalue weighted by Crippen LogP contribution is -2.44. The van der Waals surface area contributed by atoms with Crippen molar-refractivity contribution in [1.82, 2.24) is 10.6 Å². The number of ether oxygens (including phenoxy) is 2. The summed E-state index contributed by atoms with van der Waals surface area (Å²) in [6, 6.07) is 5.46. The van der Waals surface area contributed by atoms with Gasteiger partial charge in [-0.1, -0.05) is 6.07 Å². The van der Waals surface area contributed by atoms with Crippen LogP contribution in [0.4, 0.5) is 0 Å². The van der Waals surface area contributed by atoms with E-state index in [0.717, 1.165) is 25.9 Å². The zero-order chi connectivity index (χ0) is 15.2. The van der Waals surface area contributed by atoms with Gasteiger partial charge in [-0.05, 0) is 50.9 Å². The van der Waals surface area contributed by atoms with Crippen molar-refractivity contribution >= 4 is 5.91 Å². The van der Waals surface area contributed by atoms with E-state index in [9.17, 15) is 4.79 Å². The number of piperidine rings is 1. The summed E-state index contributed by atoms with van der Waals surface area (Å²) in [6.45, 7) is 4.08. The fourth-order valence-corrected chi connectivity index (χ4v) is 2.77. The maximum atomic E-state index is 12.5. The summed E-state index contributed by atoms with van der Waals surface area (Å²) in [5, 5.41) is 6.45. The van der Waals surface area contributed by atoms with E-state index in [4.69, 9.17) is 9.47 Å². The van der Waals surface area contributed by atoms with E-state index < -0.39 is 0 Å². The van der Waals surface area contributed by atoms with Crippen LogP contribution >= 0.6 is 0 Å². The Morgan fingerprint density at radius 3 is 2.81 bits per heavy atom. The molecule has 1 aromatic carbocycles. The second-order valence-corrected chi connectivity index (χ2v) is 5.41. The molecule has 5 heteroatoms. The molecule has 0 bridgehead atoms. The molecule has 0 radical (unpaired) electrons. The second-order valence-electron chi connectivity index (χ2n) is 5.41. The van der Waals surface area contributed by atoms with E-state index in [1.54, 1.807) is 32.4 Å². The Kier molecular flexibility index (Phi) is 5.44. The summed E-state index contributed by atoms with van der Waals surface area (Å²) >= 11 is 0. The van der Waals surface area contributed by atoms with Crippen LogP contribution < -0.4 is 20.1 Å². The van der Waals surface area contributed by atoms with Crippen molar-refractivity contribution in [3.05, 3.63) is 23.8 Å². The third kappa shape index (κ3) is 3.67. The molecular weight excluding hydrogens is 268 g/mol. The number of benzene rings is 1. The van der Waals surface area contributed by atoms with Gasteiger partial charge < -0.3 is 20.1 Å². The van der Waals surface area contributed by atoms with Gasteiger partial charge in [0.15, 0.2) is 11.5 Å². The summed E-state index contributed by atoms with van der Waals surface area (Å²) in [5.41, 5.74) is 0.507. The first-order valence-corrected chi connectivity index (χ1v) is 7.40. The van der Waals surface area contributed by atoms with Crippen LogP contribution in [-0.4, -0.2) is 39.3 Å². The van der Waals surface area contributed by atoms with Crippen LogP contribution in [0.3, 0.4) is 0 Å². The lowest BCUT2D eigenvalue weighted by molar-refractivity contribution is 0.0918. The molecule has 2 N–H and O–H groups in total. The quantitative estimate of drug-likeness (QED) is 0.869. The van der Waals surface area contributed by atoms with Gasteiger partial charge in [-0.15, -0.1) is 0 Å². The Morgan fingerprint density at radius 1 is 1.38 bits per heavy atom. The number of carbonyl (C=O) groups is 1. The highest BCUT2D eigenvalue weighted by Gasteiger charge is 2.23. The smallest absolute Gasteiger partial charge is 0.255 e. The lowest BCUT2D eigenvalue weighted by Gasteiger charge is -2.29. The van der Waals surface area contributed by atoms with Crippen molar-refractivity contribution in [3.63, 3.8) is 0 Å². The number of rotatable bonds is 5. The average Bonchev–Trinajstić information content (AvgIpc) is 2.54.